The van der Waals surface area contributed by atoms with Crippen LogP contribution in [0, 0.1) is 16.0 Å². The summed E-state index contributed by atoms with van der Waals surface area (Å²) in [5.74, 6) is -0.0557. The number of nitro groups is 1. The van der Waals surface area contributed by atoms with Crippen LogP contribution in [0.15, 0.2) is 48.5 Å². The van der Waals surface area contributed by atoms with E-state index in [0.717, 1.165) is 25.7 Å². The molecule has 1 aliphatic rings. The second-order valence-corrected chi connectivity index (χ2v) is 6.72. The first kappa shape index (κ1) is 17.9. The van der Waals surface area contributed by atoms with E-state index in [4.69, 9.17) is 0 Å². The van der Waals surface area contributed by atoms with Gasteiger partial charge in [0.1, 0.15) is 0 Å². The smallest absolute Gasteiger partial charge is 0.310 e. The zero-order valence-electron chi connectivity index (χ0n) is 14.5. The van der Waals surface area contributed by atoms with Gasteiger partial charge in [0.15, 0.2) is 5.75 Å². The molecule has 0 aromatic heterocycles. The van der Waals surface area contributed by atoms with Gasteiger partial charge in [-0.3, -0.25) is 14.9 Å². The fraction of sp³-hybridized carbons (Fsp3) is 0.350. The predicted molar refractivity (Wildman–Crippen MR) is 98.2 cm³/mol. The number of carbonyl (C=O) groups is 1. The Morgan fingerprint density at radius 3 is 2.46 bits per heavy atom. The number of aromatic hydroxyl groups is 1. The fourth-order valence-electron chi connectivity index (χ4n) is 3.43. The van der Waals surface area contributed by atoms with E-state index < -0.39 is 10.7 Å². The van der Waals surface area contributed by atoms with Gasteiger partial charge in [-0.15, -0.1) is 0 Å². The van der Waals surface area contributed by atoms with E-state index in [9.17, 15) is 20.0 Å². The number of hydrogen-bond donors (Lipinski definition) is 1. The van der Waals surface area contributed by atoms with Gasteiger partial charge < -0.3 is 10.0 Å². The zero-order chi connectivity index (χ0) is 18.5. The van der Waals surface area contributed by atoms with Crippen LogP contribution in [0.1, 0.15) is 35.2 Å². The molecule has 1 aliphatic heterocycles. The predicted octanol–water partition coefficient (Wildman–Crippen LogP) is 3.79. The Hall–Kier alpha value is -2.89. The van der Waals surface area contributed by atoms with E-state index in [0.29, 0.717) is 19.0 Å². The number of hydrogen-bond acceptors (Lipinski definition) is 4. The second kappa shape index (κ2) is 7.99. The van der Waals surface area contributed by atoms with Crippen molar-refractivity contribution in [2.24, 2.45) is 5.92 Å². The summed E-state index contributed by atoms with van der Waals surface area (Å²) < 4.78 is 0. The lowest BCUT2D eigenvalue weighted by molar-refractivity contribution is -0.385. The quantitative estimate of drug-likeness (QED) is 0.654. The summed E-state index contributed by atoms with van der Waals surface area (Å²) in [6.07, 6.45) is 4.08. The minimum absolute atomic E-state index is 0.184. The molecule has 1 fully saturated rings. The fourth-order valence-corrected chi connectivity index (χ4v) is 3.43. The maximum atomic E-state index is 12.6. The molecule has 1 heterocycles. The molecule has 1 saturated heterocycles. The normalized spacial score (nSPS) is 15.0. The zero-order valence-corrected chi connectivity index (χ0v) is 14.5. The maximum absolute atomic E-state index is 12.6. The summed E-state index contributed by atoms with van der Waals surface area (Å²) in [6, 6.07) is 14.2. The number of likely N-dealkylation sites (tertiary alicyclic amines) is 1. The number of phenols is 1. The molecule has 136 valence electrons. The molecule has 2 aromatic rings. The number of phenolic OH excluding ortho intramolecular Hbond substituents is 1. The largest absolute Gasteiger partial charge is 0.502 e. The number of nitro benzene ring substituents is 1. The average molecular weight is 354 g/mol. The van der Waals surface area contributed by atoms with Gasteiger partial charge in [0, 0.05) is 24.7 Å². The number of carbonyl (C=O) groups excluding carboxylic acids is 1. The Bertz CT molecular complexity index is 784. The van der Waals surface area contributed by atoms with Crippen molar-refractivity contribution >= 4 is 11.6 Å². The molecule has 0 atom stereocenters. The second-order valence-electron chi connectivity index (χ2n) is 6.72. The Morgan fingerprint density at radius 1 is 1.15 bits per heavy atom. The van der Waals surface area contributed by atoms with Gasteiger partial charge in [0.2, 0.25) is 0 Å². The maximum Gasteiger partial charge on any atom is 0.310 e. The lowest BCUT2D eigenvalue weighted by Crippen LogP contribution is -2.38. The van der Waals surface area contributed by atoms with Crippen molar-refractivity contribution in [1.29, 1.82) is 0 Å². The molecule has 0 bridgehead atoms. The van der Waals surface area contributed by atoms with Crippen molar-refractivity contribution < 1.29 is 14.8 Å². The van der Waals surface area contributed by atoms with E-state index in [1.165, 1.54) is 23.8 Å². The Labute approximate surface area is 152 Å². The van der Waals surface area contributed by atoms with E-state index >= 15 is 0 Å². The number of piperidine rings is 1. The van der Waals surface area contributed by atoms with Gasteiger partial charge >= 0.3 is 5.69 Å². The van der Waals surface area contributed by atoms with Crippen molar-refractivity contribution in [2.45, 2.75) is 25.7 Å². The molecule has 0 unspecified atom stereocenters. The highest BCUT2D eigenvalue weighted by molar-refractivity contribution is 5.95. The molecule has 6 nitrogen and oxygen atoms in total. The van der Waals surface area contributed by atoms with Crippen LogP contribution < -0.4 is 0 Å². The van der Waals surface area contributed by atoms with Gasteiger partial charge in [-0.2, -0.15) is 0 Å². The van der Waals surface area contributed by atoms with Gasteiger partial charge in [-0.1, -0.05) is 30.3 Å². The number of benzene rings is 2. The number of aryl methyl sites for hydroxylation is 1. The van der Waals surface area contributed by atoms with E-state index in [1.807, 2.05) is 6.07 Å². The Balaban J connectivity index is 1.53. The topological polar surface area (TPSA) is 83.7 Å². The highest BCUT2D eigenvalue weighted by Gasteiger charge is 2.25. The summed E-state index contributed by atoms with van der Waals surface area (Å²) in [5, 5.41) is 20.5. The molecule has 26 heavy (non-hydrogen) atoms. The molecule has 1 amide bonds. The minimum Gasteiger partial charge on any atom is -0.502 e. The molecule has 6 heteroatoms. The third-order valence-corrected chi connectivity index (χ3v) is 5.00. The van der Waals surface area contributed by atoms with Crippen molar-refractivity contribution in [3.63, 3.8) is 0 Å². The van der Waals surface area contributed by atoms with Crippen LogP contribution in [0.4, 0.5) is 5.69 Å². The van der Waals surface area contributed by atoms with Crippen LogP contribution >= 0.6 is 0 Å². The molecule has 2 aromatic carbocycles. The van der Waals surface area contributed by atoms with Crippen LogP contribution in [-0.4, -0.2) is 33.9 Å². The Morgan fingerprint density at radius 2 is 1.85 bits per heavy atom. The first-order valence-electron chi connectivity index (χ1n) is 8.85. The highest BCUT2D eigenvalue weighted by Crippen LogP contribution is 2.28. The van der Waals surface area contributed by atoms with Gasteiger partial charge in [-0.25, -0.2) is 0 Å². The SMILES string of the molecule is O=C(c1ccc([N+](=O)[O-])c(O)c1)N1CCC(CCc2ccccc2)CC1. The van der Waals surface area contributed by atoms with Crippen molar-refractivity contribution in [1.82, 2.24) is 4.90 Å². The van der Waals surface area contributed by atoms with Crippen molar-refractivity contribution in [3.05, 3.63) is 69.8 Å². The lowest BCUT2D eigenvalue weighted by Gasteiger charge is -2.32. The third kappa shape index (κ3) is 4.20. The summed E-state index contributed by atoms with van der Waals surface area (Å²) in [6.45, 7) is 1.35. The van der Waals surface area contributed by atoms with Crippen molar-refractivity contribution in [3.8, 4) is 5.75 Å². The molecule has 0 spiro atoms. The van der Waals surface area contributed by atoms with Crippen LogP contribution in [0.3, 0.4) is 0 Å². The first-order valence-corrected chi connectivity index (χ1v) is 8.85. The molecule has 0 radical (unpaired) electrons. The van der Waals surface area contributed by atoms with E-state index in [2.05, 4.69) is 24.3 Å². The van der Waals surface area contributed by atoms with Crippen molar-refractivity contribution in [2.75, 3.05) is 13.1 Å². The average Bonchev–Trinajstić information content (AvgIpc) is 2.66. The number of nitrogens with zero attached hydrogens (tertiary/aromatic N) is 2. The van der Waals surface area contributed by atoms with E-state index in [1.54, 1.807) is 4.90 Å². The number of rotatable bonds is 5. The number of amides is 1. The standard InChI is InChI=1S/C20H22N2O4/c23-19-14-17(8-9-18(19)22(25)26)20(24)21-12-10-16(11-13-21)7-6-15-4-2-1-3-5-15/h1-5,8-9,14,16,23H,6-7,10-13H2. The summed E-state index contributed by atoms with van der Waals surface area (Å²) >= 11 is 0. The van der Waals surface area contributed by atoms with Crippen LogP contribution in [-0.2, 0) is 6.42 Å². The summed E-state index contributed by atoms with van der Waals surface area (Å²) in [5.41, 5.74) is 1.24. The van der Waals surface area contributed by atoms with Crippen LogP contribution in [0.2, 0.25) is 0 Å². The molecular weight excluding hydrogens is 332 g/mol. The summed E-state index contributed by atoms with van der Waals surface area (Å²) in [4.78, 5) is 24.4. The molecular formula is C20H22N2O4. The lowest BCUT2D eigenvalue weighted by atomic mass is 9.90. The molecule has 0 aliphatic carbocycles. The molecule has 0 saturated carbocycles. The molecule has 1 N–H and O–H groups in total. The third-order valence-electron chi connectivity index (χ3n) is 5.00. The first-order chi connectivity index (χ1) is 12.5. The summed E-state index contributed by atoms with van der Waals surface area (Å²) in [7, 11) is 0. The molecule has 3 rings (SSSR count). The van der Waals surface area contributed by atoms with E-state index in [-0.39, 0.29) is 17.2 Å². The van der Waals surface area contributed by atoms with Gasteiger partial charge in [-0.05, 0) is 49.3 Å². The Kier molecular flexibility index (Phi) is 5.51. The monoisotopic (exact) mass is 354 g/mol. The minimum atomic E-state index is -0.665. The van der Waals surface area contributed by atoms with Gasteiger partial charge in [0.25, 0.3) is 5.91 Å². The van der Waals surface area contributed by atoms with Gasteiger partial charge in [0.05, 0.1) is 4.92 Å². The van der Waals surface area contributed by atoms with Crippen LogP contribution in [0.5, 0.6) is 5.75 Å². The highest BCUT2D eigenvalue weighted by atomic mass is 16.6. The van der Waals surface area contributed by atoms with Crippen LogP contribution in [0.25, 0.3) is 0 Å².